The van der Waals surface area contributed by atoms with Gasteiger partial charge in [0, 0.05) is 6.54 Å². The van der Waals surface area contributed by atoms with Crippen LogP contribution in [0.15, 0.2) is 89.4 Å². The number of benzene rings is 3. The predicted octanol–water partition coefficient (Wildman–Crippen LogP) is 2.47. The van der Waals surface area contributed by atoms with E-state index in [-0.39, 0.29) is 23.0 Å². The van der Waals surface area contributed by atoms with Crippen molar-refractivity contribution in [3.05, 3.63) is 101 Å². The van der Waals surface area contributed by atoms with Gasteiger partial charge in [-0.1, -0.05) is 54.6 Å². The van der Waals surface area contributed by atoms with Crippen LogP contribution >= 0.6 is 0 Å². The van der Waals surface area contributed by atoms with Gasteiger partial charge in [-0.15, -0.1) is 0 Å². The lowest BCUT2D eigenvalue weighted by molar-refractivity contribution is -0.114. The molecule has 0 radical (unpaired) electrons. The van der Waals surface area contributed by atoms with E-state index < -0.39 is 5.91 Å². The molecule has 0 unspecified atom stereocenters. The smallest absolute Gasteiger partial charge is 0.255 e. The van der Waals surface area contributed by atoms with Gasteiger partial charge in [0.2, 0.25) is 0 Å². The van der Waals surface area contributed by atoms with Crippen molar-refractivity contribution in [2.24, 2.45) is 22.2 Å². The van der Waals surface area contributed by atoms with E-state index >= 15 is 0 Å². The highest BCUT2D eigenvalue weighted by molar-refractivity contribution is 6.24. The number of rotatable bonds is 8. The average molecular weight is 444 g/mol. The number of nitrogens with one attached hydrogen (secondary N) is 1. The van der Waals surface area contributed by atoms with Gasteiger partial charge in [-0.2, -0.15) is 0 Å². The molecular weight excluding hydrogens is 418 g/mol. The Balaban J connectivity index is 1.77. The van der Waals surface area contributed by atoms with Crippen molar-refractivity contribution >= 4 is 29.0 Å². The number of primary amides is 1. The Morgan fingerprint density at radius 1 is 0.879 bits per heavy atom. The Morgan fingerprint density at radius 2 is 1.52 bits per heavy atom. The number of hydrogen-bond acceptors (Lipinski definition) is 5. The van der Waals surface area contributed by atoms with Gasteiger partial charge < -0.3 is 27.3 Å². The quantitative estimate of drug-likeness (QED) is 0.240. The summed E-state index contributed by atoms with van der Waals surface area (Å²) in [4.78, 5) is 28.7. The second-order valence-corrected chi connectivity index (χ2v) is 7.07. The molecule has 0 bridgehead atoms. The first-order valence-electron chi connectivity index (χ1n) is 10.1. The van der Waals surface area contributed by atoms with Crippen LogP contribution in [0.1, 0.15) is 21.5 Å². The molecule has 8 nitrogen and oxygen atoms in total. The van der Waals surface area contributed by atoms with E-state index in [9.17, 15) is 9.59 Å². The van der Waals surface area contributed by atoms with Gasteiger partial charge in [-0.25, -0.2) is 4.99 Å². The van der Waals surface area contributed by atoms with Crippen LogP contribution in [-0.2, 0) is 11.3 Å². The highest BCUT2D eigenvalue weighted by Gasteiger charge is 2.17. The van der Waals surface area contributed by atoms with Crippen LogP contribution in [0, 0.1) is 0 Å². The highest BCUT2D eigenvalue weighted by Crippen LogP contribution is 2.19. The number of amides is 2. The summed E-state index contributed by atoms with van der Waals surface area (Å²) in [5, 5.41) is 2.85. The van der Waals surface area contributed by atoms with Gasteiger partial charge in [0.15, 0.2) is 0 Å². The maximum atomic E-state index is 12.5. The lowest BCUT2D eigenvalue weighted by Crippen LogP contribution is -2.29. The van der Waals surface area contributed by atoms with Crippen molar-refractivity contribution in [2.45, 2.75) is 6.54 Å². The summed E-state index contributed by atoms with van der Waals surface area (Å²) >= 11 is 0. The Labute approximate surface area is 191 Å². The van der Waals surface area contributed by atoms with E-state index in [1.807, 2.05) is 6.07 Å². The van der Waals surface area contributed by atoms with Gasteiger partial charge in [0.25, 0.3) is 11.8 Å². The third-order valence-corrected chi connectivity index (χ3v) is 4.85. The van der Waals surface area contributed by atoms with E-state index in [0.717, 1.165) is 5.56 Å². The van der Waals surface area contributed by atoms with E-state index in [4.69, 9.17) is 21.9 Å². The fraction of sp³-hybridized carbons (Fsp3) is 0.0800. The first kappa shape index (κ1) is 23.1. The van der Waals surface area contributed by atoms with Gasteiger partial charge in [0.05, 0.1) is 24.1 Å². The van der Waals surface area contributed by atoms with Crippen LogP contribution in [-0.4, -0.2) is 24.8 Å². The van der Waals surface area contributed by atoms with Crippen LogP contribution in [0.4, 0.5) is 5.69 Å². The van der Waals surface area contributed by atoms with E-state index in [1.54, 1.807) is 72.8 Å². The normalized spacial score (nSPS) is 12.0. The van der Waals surface area contributed by atoms with Crippen molar-refractivity contribution < 1.29 is 14.3 Å². The number of aliphatic imine (C=N–C) groups is 1. The molecule has 0 spiro atoms. The molecule has 3 aromatic rings. The number of para-hydroxylation sites is 2. The number of ether oxygens (including phenoxy) is 1. The summed E-state index contributed by atoms with van der Waals surface area (Å²) in [5.41, 5.74) is 20.2. The van der Waals surface area contributed by atoms with E-state index in [2.05, 4.69) is 10.3 Å². The van der Waals surface area contributed by atoms with Crippen molar-refractivity contribution in [1.82, 2.24) is 5.32 Å². The van der Waals surface area contributed by atoms with Crippen LogP contribution in [0.25, 0.3) is 5.70 Å². The average Bonchev–Trinajstić information content (AvgIpc) is 2.83. The number of amidine groups is 1. The molecule has 3 rings (SSSR count). The number of nitrogens with two attached hydrogens (primary N) is 3. The molecule has 168 valence electrons. The Hall–Kier alpha value is -4.59. The highest BCUT2D eigenvalue weighted by atomic mass is 16.5. The van der Waals surface area contributed by atoms with Gasteiger partial charge in [-0.05, 0) is 35.4 Å². The molecule has 8 heteroatoms. The van der Waals surface area contributed by atoms with Gasteiger partial charge in [-0.3, -0.25) is 9.59 Å². The summed E-state index contributed by atoms with van der Waals surface area (Å²) in [5.74, 6) is -0.606. The van der Waals surface area contributed by atoms with Gasteiger partial charge >= 0.3 is 0 Å². The largest absolute Gasteiger partial charge is 0.496 e. The van der Waals surface area contributed by atoms with E-state index in [1.165, 1.54) is 7.11 Å². The molecule has 0 atom stereocenters. The van der Waals surface area contributed by atoms with Crippen molar-refractivity contribution in [3.8, 4) is 5.75 Å². The molecular formula is C25H25N5O3. The lowest BCUT2D eigenvalue weighted by Gasteiger charge is -2.11. The third kappa shape index (κ3) is 5.76. The molecule has 33 heavy (non-hydrogen) atoms. The molecule has 3 aromatic carbocycles. The topological polar surface area (TPSA) is 146 Å². The summed E-state index contributed by atoms with van der Waals surface area (Å²) in [6.45, 7) is 0.293. The van der Waals surface area contributed by atoms with Gasteiger partial charge in [0.1, 0.15) is 17.2 Å². The fourth-order valence-electron chi connectivity index (χ4n) is 3.15. The second-order valence-electron chi connectivity index (χ2n) is 7.07. The first-order chi connectivity index (χ1) is 15.9. The zero-order chi connectivity index (χ0) is 23.8. The first-order valence-corrected chi connectivity index (χ1v) is 10.1. The van der Waals surface area contributed by atoms with Crippen LogP contribution in [0.5, 0.6) is 5.75 Å². The van der Waals surface area contributed by atoms with E-state index in [0.29, 0.717) is 29.1 Å². The zero-order valence-electron chi connectivity index (χ0n) is 18.1. The van der Waals surface area contributed by atoms with Crippen molar-refractivity contribution in [2.75, 3.05) is 7.11 Å². The second kappa shape index (κ2) is 10.6. The Morgan fingerprint density at radius 3 is 2.15 bits per heavy atom. The number of carbonyl (C=O) groups is 2. The fourth-order valence-corrected chi connectivity index (χ4v) is 3.15. The number of carbonyl (C=O) groups excluding carboxylic acids is 2. The Bertz CT molecular complexity index is 1200. The molecule has 0 saturated carbocycles. The molecule has 0 aliphatic heterocycles. The monoisotopic (exact) mass is 443 g/mol. The summed E-state index contributed by atoms with van der Waals surface area (Å²) in [6, 6.07) is 22.9. The summed E-state index contributed by atoms with van der Waals surface area (Å²) < 4.78 is 5.22. The standard InChI is InChI=1S/C25H25N5O3/c1-33-20-10-6-5-9-19(20)25(32)29-15-16-11-13-17(14-12-16)22(26)21(24(28)31)23(27)30-18-7-3-2-4-8-18/h2-14H,15,26H2,1H3,(H2,27,30)(H2,28,31)(H,29,32). The molecule has 0 heterocycles. The predicted molar refractivity (Wildman–Crippen MR) is 129 cm³/mol. The minimum absolute atomic E-state index is 0.0592. The maximum absolute atomic E-state index is 12.5. The number of hydrogen-bond donors (Lipinski definition) is 4. The molecule has 0 aliphatic carbocycles. The molecule has 0 aromatic heterocycles. The maximum Gasteiger partial charge on any atom is 0.255 e. The lowest BCUT2D eigenvalue weighted by atomic mass is 10.0. The molecule has 0 fully saturated rings. The summed E-state index contributed by atoms with van der Waals surface area (Å²) in [6.07, 6.45) is 0. The Kier molecular flexibility index (Phi) is 7.43. The molecule has 0 aliphatic rings. The van der Waals surface area contributed by atoms with Crippen LogP contribution in [0.3, 0.4) is 0 Å². The molecule has 7 N–H and O–H groups in total. The van der Waals surface area contributed by atoms with Crippen LogP contribution in [0.2, 0.25) is 0 Å². The molecule has 2 amide bonds. The zero-order valence-corrected chi connectivity index (χ0v) is 18.1. The minimum Gasteiger partial charge on any atom is -0.496 e. The minimum atomic E-state index is -0.780. The third-order valence-electron chi connectivity index (χ3n) is 4.85. The molecule has 0 saturated heterocycles. The van der Waals surface area contributed by atoms with Crippen molar-refractivity contribution in [3.63, 3.8) is 0 Å². The SMILES string of the molecule is COc1ccccc1C(=O)NCc1ccc(C(N)=C(C(N)=O)C(N)=Nc2ccccc2)cc1. The number of methoxy groups -OCH3 is 1. The van der Waals surface area contributed by atoms with Crippen LogP contribution < -0.4 is 27.3 Å². The number of nitrogens with zero attached hydrogens (tertiary/aromatic N) is 1. The van der Waals surface area contributed by atoms with Crippen molar-refractivity contribution in [1.29, 1.82) is 0 Å². The summed E-state index contributed by atoms with van der Waals surface area (Å²) in [7, 11) is 1.51.